The Kier molecular flexibility index (Phi) is 4.98. The van der Waals surface area contributed by atoms with Crippen LogP contribution in [0.15, 0.2) is 0 Å². The molecule has 0 aliphatic heterocycles. The SMILES string of the molecule is O=P(O)(CC(F)(F)F)OCC1CCCCC1F. The van der Waals surface area contributed by atoms with E-state index in [0.29, 0.717) is 12.8 Å². The molecular weight excluding hydrogens is 263 g/mol. The van der Waals surface area contributed by atoms with Gasteiger partial charge in [-0.25, -0.2) is 4.39 Å². The van der Waals surface area contributed by atoms with E-state index >= 15 is 0 Å². The maximum Gasteiger partial charge on any atom is 0.400 e. The van der Waals surface area contributed by atoms with Crippen molar-refractivity contribution >= 4 is 7.60 Å². The van der Waals surface area contributed by atoms with E-state index in [9.17, 15) is 22.1 Å². The first-order valence-corrected chi connectivity index (χ1v) is 7.13. The number of halogens is 4. The van der Waals surface area contributed by atoms with E-state index in [0.717, 1.165) is 12.8 Å². The van der Waals surface area contributed by atoms with Crippen molar-refractivity contribution in [2.45, 2.75) is 38.0 Å². The molecule has 102 valence electrons. The summed E-state index contributed by atoms with van der Waals surface area (Å²) in [4.78, 5) is 8.96. The van der Waals surface area contributed by atoms with Crippen LogP contribution in [0.1, 0.15) is 25.7 Å². The van der Waals surface area contributed by atoms with Crippen LogP contribution < -0.4 is 0 Å². The standard InChI is InChI=1S/C9H15F4O3P/c10-8-4-2-1-3-7(8)5-16-17(14,15)6-9(11,12)13/h7-8H,1-6H2,(H,14,15). The molecule has 0 aromatic rings. The summed E-state index contributed by atoms with van der Waals surface area (Å²) in [6.07, 6.45) is -5.48. The molecule has 1 saturated carbocycles. The molecule has 3 unspecified atom stereocenters. The Morgan fingerprint density at radius 2 is 1.88 bits per heavy atom. The zero-order valence-electron chi connectivity index (χ0n) is 9.12. The highest BCUT2D eigenvalue weighted by atomic mass is 31.2. The molecule has 0 saturated heterocycles. The average molecular weight is 278 g/mol. The Balaban J connectivity index is 2.40. The zero-order chi connectivity index (χ0) is 13.1. The van der Waals surface area contributed by atoms with Crippen LogP contribution in [-0.4, -0.2) is 30.0 Å². The van der Waals surface area contributed by atoms with Crippen molar-refractivity contribution in [2.24, 2.45) is 5.92 Å². The van der Waals surface area contributed by atoms with Gasteiger partial charge in [0, 0.05) is 5.92 Å². The van der Waals surface area contributed by atoms with E-state index in [-0.39, 0.29) is 0 Å². The lowest BCUT2D eigenvalue weighted by Crippen LogP contribution is -2.25. The number of hydrogen-bond donors (Lipinski definition) is 1. The largest absolute Gasteiger partial charge is 0.400 e. The maximum atomic E-state index is 13.3. The van der Waals surface area contributed by atoms with Crippen molar-refractivity contribution in [3.8, 4) is 0 Å². The van der Waals surface area contributed by atoms with Crippen LogP contribution in [0.25, 0.3) is 0 Å². The topological polar surface area (TPSA) is 46.5 Å². The number of rotatable bonds is 4. The van der Waals surface area contributed by atoms with Crippen LogP contribution in [0.4, 0.5) is 17.6 Å². The maximum absolute atomic E-state index is 13.3. The third-order valence-electron chi connectivity index (χ3n) is 2.69. The molecule has 1 aliphatic carbocycles. The fourth-order valence-electron chi connectivity index (χ4n) is 1.83. The fraction of sp³-hybridized carbons (Fsp3) is 1.00. The lowest BCUT2D eigenvalue weighted by molar-refractivity contribution is -0.109. The molecule has 17 heavy (non-hydrogen) atoms. The van der Waals surface area contributed by atoms with Crippen molar-refractivity contribution in [3.63, 3.8) is 0 Å². The minimum absolute atomic E-state index is 0.336. The normalized spacial score (nSPS) is 29.9. The lowest BCUT2D eigenvalue weighted by Gasteiger charge is -2.26. The molecule has 0 heterocycles. The minimum atomic E-state index is -4.76. The lowest BCUT2D eigenvalue weighted by atomic mass is 9.88. The minimum Gasteiger partial charge on any atom is -0.324 e. The van der Waals surface area contributed by atoms with E-state index in [1.54, 1.807) is 0 Å². The van der Waals surface area contributed by atoms with Crippen LogP contribution in [0, 0.1) is 5.92 Å². The first-order valence-electron chi connectivity index (χ1n) is 5.37. The number of hydrogen-bond acceptors (Lipinski definition) is 2. The predicted octanol–water partition coefficient (Wildman–Crippen LogP) is 3.28. The molecule has 8 heteroatoms. The molecule has 1 fully saturated rings. The van der Waals surface area contributed by atoms with Crippen LogP contribution in [-0.2, 0) is 9.09 Å². The Morgan fingerprint density at radius 3 is 2.41 bits per heavy atom. The second kappa shape index (κ2) is 5.67. The Bertz CT molecular complexity index is 294. The molecule has 1 rings (SSSR count). The third-order valence-corrected chi connectivity index (χ3v) is 4.00. The molecular formula is C9H15F4O3P. The molecule has 0 aromatic carbocycles. The van der Waals surface area contributed by atoms with Gasteiger partial charge >= 0.3 is 13.8 Å². The van der Waals surface area contributed by atoms with Crippen LogP contribution in [0.3, 0.4) is 0 Å². The van der Waals surface area contributed by atoms with Crippen LogP contribution in [0.2, 0.25) is 0 Å². The van der Waals surface area contributed by atoms with E-state index in [2.05, 4.69) is 4.52 Å². The molecule has 3 nitrogen and oxygen atoms in total. The van der Waals surface area contributed by atoms with E-state index in [4.69, 9.17) is 4.89 Å². The molecule has 1 N–H and O–H groups in total. The second-order valence-corrected chi connectivity index (χ2v) is 6.12. The Labute approximate surface area is 96.7 Å². The van der Waals surface area contributed by atoms with Crippen molar-refractivity contribution in [2.75, 3.05) is 12.8 Å². The fourth-order valence-corrected chi connectivity index (χ4v) is 2.80. The highest BCUT2D eigenvalue weighted by molar-refractivity contribution is 7.52. The second-order valence-electron chi connectivity index (χ2n) is 4.27. The summed E-state index contributed by atoms with van der Waals surface area (Å²) in [5.74, 6) is -0.572. The first-order chi connectivity index (χ1) is 7.70. The summed E-state index contributed by atoms with van der Waals surface area (Å²) in [6, 6.07) is 0. The Morgan fingerprint density at radius 1 is 1.29 bits per heavy atom. The first kappa shape index (κ1) is 14.9. The van der Waals surface area contributed by atoms with Crippen LogP contribution in [0.5, 0.6) is 0 Å². The van der Waals surface area contributed by atoms with Gasteiger partial charge in [0.1, 0.15) is 12.3 Å². The van der Waals surface area contributed by atoms with E-state index < -0.39 is 38.6 Å². The molecule has 0 amide bonds. The molecule has 3 atom stereocenters. The highest BCUT2D eigenvalue weighted by Gasteiger charge is 2.40. The summed E-state index contributed by atoms with van der Waals surface area (Å²) >= 11 is 0. The van der Waals surface area contributed by atoms with Crippen molar-refractivity contribution < 1.29 is 31.5 Å². The van der Waals surface area contributed by atoms with Gasteiger partial charge in [-0.3, -0.25) is 4.57 Å². The van der Waals surface area contributed by atoms with E-state index in [1.807, 2.05) is 0 Å². The van der Waals surface area contributed by atoms with Gasteiger partial charge in [0.25, 0.3) is 0 Å². The quantitative estimate of drug-likeness (QED) is 0.634. The molecule has 0 spiro atoms. The van der Waals surface area contributed by atoms with Gasteiger partial charge in [0.15, 0.2) is 0 Å². The van der Waals surface area contributed by atoms with Crippen molar-refractivity contribution in [1.82, 2.24) is 0 Å². The van der Waals surface area contributed by atoms with Gasteiger partial charge in [-0.05, 0) is 12.8 Å². The number of alkyl halides is 4. The zero-order valence-corrected chi connectivity index (χ0v) is 10.0. The summed E-state index contributed by atoms with van der Waals surface area (Å²) < 4.78 is 64.4. The predicted molar refractivity (Wildman–Crippen MR) is 53.6 cm³/mol. The van der Waals surface area contributed by atoms with Gasteiger partial charge < -0.3 is 9.42 Å². The summed E-state index contributed by atoms with van der Waals surface area (Å²) in [6.45, 7) is -0.426. The van der Waals surface area contributed by atoms with Crippen molar-refractivity contribution in [1.29, 1.82) is 0 Å². The average Bonchev–Trinajstić information content (AvgIpc) is 2.13. The molecule has 0 aromatic heterocycles. The highest BCUT2D eigenvalue weighted by Crippen LogP contribution is 2.47. The third kappa shape index (κ3) is 5.84. The van der Waals surface area contributed by atoms with Crippen molar-refractivity contribution in [3.05, 3.63) is 0 Å². The Hall–Kier alpha value is -0.130. The summed E-state index contributed by atoms with van der Waals surface area (Å²) in [7, 11) is -4.70. The smallest absolute Gasteiger partial charge is 0.324 e. The molecule has 0 radical (unpaired) electrons. The van der Waals surface area contributed by atoms with Gasteiger partial charge in [-0.2, -0.15) is 13.2 Å². The monoisotopic (exact) mass is 278 g/mol. The van der Waals surface area contributed by atoms with Gasteiger partial charge in [-0.15, -0.1) is 0 Å². The molecule has 0 bridgehead atoms. The summed E-state index contributed by atoms with van der Waals surface area (Å²) in [5, 5.41) is 0. The van der Waals surface area contributed by atoms with E-state index in [1.165, 1.54) is 0 Å². The molecule has 1 aliphatic rings. The van der Waals surface area contributed by atoms with Gasteiger partial charge in [0.2, 0.25) is 0 Å². The van der Waals surface area contributed by atoms with Gasteiger partial charge in [-0.1, -0.05) is 12.8 Å². The van der Waals surface area contributed by atoms with Crippen LogP contribution >= 0.6 is 7.60 Å². The summed E-state index contributed by atoms with van der Waals surface area (Å²) in [5.41, 5.74) is 0. The van der Waals surface area contributed by atoms with Gasteiger partial charge in [0.05, 0.1) is 6.61 Å².